The van der Waals surface area contributed by atoms with Crippen LogP contribution in [0.15, 0.2) is 42.5 Å². The second kappa shape index (κ2) is 4.82. The number of nitrogens with two attached hydrogens (primary N) is 1. The molecular weight excluding hydrogens is 222 g/mol. The zero-order valence-electron chi connectivity index (χ0n) is 9.08. The largest absolute Gasteiger partial charge is 0.397 e. The normalized spacial score (nSPS) is 10.2. The van der Waals surface area contributed by atoms with Gasteiger partial charge in [0.05, 0.1) is 11.4 Å². The standard InChI is InChI=1S/C13H12F2N2/c14-10-6-5-9(7-11(10)15)8-17-13-4-2-1-3-12(13)16/h1-7,17H,8,16H2. The van der Waals surface area contributed by atoms with Crippen LogP contribution in [0.25, 0.3) is 0 Å². The van der Waals surface area contributed by atoms with E-state index in [1.54, 1.807) is 6.07 Å². The van der Waals surface area contributed by atoms with Gasteiger partial charge in [0, 0.05) is 6.54 Å². The van der Waals surface area contributed by atoms with Gasteiger partial charge in [0.1, 0.15) is 0 Å². The minimum atomic E-state index is -0.842. The maximum Gasteiger partial charge on any atom is 0.159 e. The molecule has 0 bridgehead atoms. The summed E-state index contributed by atoms with van der Waals surface area (Å²) in [6.07, 6.45) is 0. The third kappa shape index (κ3) is 2.72. The summed E-state index contributed by atoms with van der Waals surface area (Å²) in [5, 5.41) is 3.06. The van der Waals surface area contributed by atoms with E-state index in [0.29, 0.717) is 17.8 Å². The molecule has 2 rings (SSSR count). The Labute approximate surface area is 98.1 Å². The molecule has 0 unspecified atom stereocenters. The first-order valence-corrected chi connectivity index (χ1v) is 5.19. The Morgan fingerprint density at radius 3 is 2.47 bits per heavy atom. The van der Waals surface area contributed by atoms with Crippen molar-refractivity contribution in [3.05, 3.63) is 59.7 Å². The molecule has 0 amide bonds. The Bertz CT molecular complexity index is 527. The van der Waals surface area contributed by atoms with Crippen molar-refractivity contribution in [2.45, 2.75) is 6.54 Å². The summed E-state index contributed by atoms with van der Waals surface area (Å²) < 4.78 is 25.7. The Morgan fingerprint density at radius 2 is 1.76 bits per heavy atom. The van der Waals surface area contributed by atoms with Gasteiger partial charge in [-0.15, -0.1) is 0 Å². The molecule has 0 saturated carbocycles. The van der Waals surface area contributed by atoms with Crippen LogP contribution in [-0.2, 0) is 6.54 Å². The number of anilines is 2. The maximum absolute atomic E-state index is 13.0. The number of halogens is 2. The van der Waals surface area contributed by atoms with Crippen molar-refractivity contribution in [3.8, 4) is 0 Å². The van der Waals surface area contributed by atoms with Gasteiger partial charge in [-0.2, -0.15) is 0 Å². The first-order chi connectivity index (χ1) is 8.16. The number of nitrogens with one attached hydrogen (secondary N) is 1. The van der Waals surface area contributed by atoms with Crippen molar-refractivity contribution in [1.82, 2.24) is 0 Å². The fraction of sp³-hybridized carbons (Fsp3) is 0.0769. The number of hydrogen-bond donors (Lipinski definition) is 2. The highest BCUT2D eigenvalue weighted by Gasteiger charge is 2.03. The van der Waals surface area contributed by atoms with Crippen LogP contribution < -0.4 is 11.1 Å². The third-order valence-electron chi connectivity index (χ3n) is 2.43. The molecule has 0 radical (unpaired) electrons. The van der Waals surface area contributed by atoms with Gasteiger partial charge in [-0.25, -0.2) is 8.78 Å². The minimum absolute atomic E-state index is 0.394. The van der Waals surface area contributed by atoms with Crippen molar-refractivity contribution >= 4 is 11.4 Å². The highest BCUT2D eigenvalue weighted by atomic mass is 19.2. The Balaban J connectivity index is 2.08. The van der Waals surface area contributed by atoms with Gasteiger partial charge < -0.3 is 11.1 Å². The van der Waals surface area contributed by atoms with Gasteiger partial charge in [0.2, 0.25) is 0 Å². The average molecular weight is 234 g/mol. The molecule has 0 atom stereocenters. The third-order valence-corrected chi connectivity index (χ3v) is 2.43. The molecule has 2 aromatic carbocycles. The highest BCUT2D eigenvalue weighted by molar-refractivity contribution is 5.65. The van der Waals surface area contributed by atoms with E-state index in [4.69, 9.17) is 5.73 Å². The molecule has 0 aliphatic carbocycles. The molecule has 17 heavy (non-hydrogen) atoms. The summed E-state index contributed by atoms with van der Waals surface area (Å²) in [6, 6.07) is 11.1. The predicted octanol–water partition coefficient (Wildman–Crippen LogP) is 3.16. The lowest BCUT2D eigenvalue weighted by Gasteiger charge is -2.09. The van der Waals surface area contributed by atoms with Gasteiger partial charge >= 0.3 is 0 Å². The van der Waals surface area contributed by atoms with Crippen LogP contribution >= 0.6 is 0 Å². The van der Waals surface area contributed by atoms with Crippen LogP contribution in [0.2, 0.25) is 0 Å². The predicted molar refractivity (Wildman–Crippen MR) is 64.5 cm³/mol. The summed E-state index contributed by atoms with van der Waals surface area (Å²) in [7, 11) is 0. The molecule has 2 aromatic rings. The van der Waals surface area contributed by atoms with E-state index >= 15 is 0 Å². The zero-order valence-corrected chi connectivity index (χ0v) is 9.08. The van der Waals surface area contributed by atoms with Crippen molar-refractivity contribution < 1.29 is 8.78 Å². The molecule has 0 aliphatic rings. The summed E-state index contributed by atoms with van der Waals surface area (Å²) >= 11 is 0. The SMILES string of the molecule is Nc1ccccc1NCc1ccc(F)c(F)c1. The molecule has 0 fully saturated rings. The van der Waals surface area contributed by atoms with Crippen LogP contribution in [-0.4, -0.2) is 0 Å². The highest BCUT2D eigenvalue weighted by Crippen LogP contribution is 2.18. The quantitative estimate of drug-likeness (QED) is 0.800. The number of rotatable bonds is 3. The van der Waals surface area contributed by atoms with Crippen molar-refractivity contribution in [1.29, 1.82) is 0 Å². The Hall–Kier alpha value is -2.10. The first-order valence-electron chi connectivity index (χ1n) is 5.19. The maximum atomic E-state index is 13.0. The lowest BCUT2D eigenvalue weighted by molar-refractivity contribution is 0.507. The van der Waals surface area contributed by atoms with Crippen molar-refractivity contribution in [2.24, 2.45) is 0 Å². The molecule has 88 valence electrons. The topological polar surface area (TPSA) is 38.0 Å². The monoisotopic (exact) mass is 234 g/mol. The van der Waals surface area contributed by atoms with E-state index < -0.39 is 11.6 Å². The van der Waals surface area contributed by atoms with E-state index in [-0.39, 0.29) is 0 Å². The molecule has 0 spiro atoms. The van der Waals surface area contributed by atoms with Crippen LogP contribution in [0.1, 0.15) is 5.56 Å². The van der Waals surface area contributed by atoms with Crippen molar-refractivity contribution in [3.63, 3.8) is 0 Å². The summed E-state index contributed by atoms with van der Waals surface area (Å²) in [5.74, 6) is -1.68. The lowest BCUT2D eigenvalue weighted by atomic mass is 10.2. The van der Waals surface area contributed by atoms with Gasteiger partial charge in [-0.3, -0.25) is 0 Å². The fourth-order valence-corrected chi connectivity index (χ4v) is 1.50. The zero-order chi connectivity index (χ0) is 12.3. The molecule has 0 aliphatic heterocycles. The molecule has 0 heterocycles. The lowest BCUT2D eigenvalue weighted by Crippen LogP contribution is -2.02. The summed E-state index contributed by atoms with van der Waals surface area (Å²) in [6.45, 7) is 0.394. The molecule has 0 aromatic heterocycles. The second-order valence-corrected chi connectivity index (χ2v) is 3.69. The average Bonchev–Trinajstić information content (AvgIpc) is 2.32. The number of nitrogen functional groups attached to an aromatic ring is 1. The number of para-hydroxylation sites is 2. The van der Waals surface area contributed by atoms with Gasteiger partial charge in [-0.05, 0) is 29.8 Å². The Morgan fingerprint density at radius 1 is 1.00 bits per heavy atom. The summed E-state index contributed by atoms with van der Waals surface area (Å²) in [5.41, 5.74) is 7.80. The molecule has 4 heteroatoms. The number of hydrogen-bond acceptors (Lipinski definition) is 2. The first kappa shape index (κ1) is 11.4. The van der Waals surface area contributed by atoms with Crippen LogP contribution in [0.4, 0.5) is 20.2 Å². The van der Waals surface area contributed by atoms with E-state index in [1.165, 1.54) is 12.1 Å². The molecule has 3 N–H and O–H groups in total. The van der Waals surface area contributed by atoms with E-state index in [1.807, 2.05) is 18.2 Å². The van der Waals surface area contributed by atoms with Crippen LogP contribution in [0, 0.1) is 11.6 Å². The van der Waals surface area contributed by atoms with Gasteiger partial charge in [0.25, 0.3) is 0 Å². The van der Waals surface area contributed by atoms with Gasteiger partial charge in [0.15, 0.2) is 11.6 Å². The Kier molecular flexibility index (Phi) is 3.23. The van der Waals surface area contributed by atoms with Crippen LogP contribution in [0.3, 0.4) is 0 Å². The van der Waals surface area contributed by atoms with Gasteiger partial charge in [-0.1, -0.05) is 18.2 Å². The second-order valence-electron chi connectivity index (χ2n) is 3.69. The fourth-order valence-electron chi connectivity index (χ4n) is 1.50. The smallest absolute Gasteiger partial charge is 0.159 e. The van der Waals surface area contributed by atoms with E-state index in [0.717, 1.165) is 11.8 Å². The van der Waals surface area contributed by atoms with Crippen LogP contribution in [0.5, 0.6) is 0 Å². The van der Waals surface area contributed by atoms with E-state index in [2.05, 4.69) is 5.32 Å². The van der Waals surface area contributed by atoms with E-state index in [9.17, 15) is 8.78 Å². The number of benzene rings is 2. The summed E-state index contributed by atoms with van der Waals surface area (Å²) in [4.78, 5) is 0. The molecular formula is C13H12F2N2. The minimum Gasteiger partial charge on any atom is -0.397 e. The molecule has 0 saturated heterocycles. The molecule has 2 nitrogen and oxygen atoms in total. The van der Waals surface area contributed by atoms with Crippen molar-refractivity contribution in [2.75, 3.05) is 11.1 Å².